The minimum Gasteiger partial charge on any atom is -0.366 e. The van der Waals surface area contributed by atoms with Crippen LogP contribution in [0.3, 0.4) is 0 Å². The average molecular weight is 345 g/mol. The number of carbonyl (C=O) groups is 1. The summed E-state index contributed by atoms with van der Waals surface area (Å²) in [7, 11) is 0. The van der Waals surface area contributed by atoms with Gasteiger partial charge in [0.25, 0.3) is 0 Å². The molecule has 3 N–H and O–H groups in total. The molecule has 26 heavy (non-hydrogen) atoms. The molecule has 128 valence electrons. The summed E-state index contributed by atoms with van der Waals surface area (Å²) in [6, 6.07) is 12.4. The van der Waals surface area contributed by atoms with Crippen LogP contribution in [0.15, 0.2) is 70.2 Å². The van der Waals surface area contributed by atoms with Gasteiger partial charge in [-0.25, -0.2) is 4.98 Å². The van der Waals surface area contributed by atoms with Gasteiger partial charge in [-0.05, 0) is 24.3 Å². The number of amides is 1. The summed E-state index contributed by atoms with van der Waals surface area (Å²) in [5, 5.41) is 21.4. The number of anilines is 1. The first-order valence-corrected chi connectivity index (χ1v) is 8.02. The van der Waals surface area contributed by atoms with E-state index >= 15 is 0 Å². The molecule has 0 saturated carbocycles. The Morgan fingerprint density at radius 3 is 2.69 bits per heavy atom. The molecular formula is C18H15N7O. The van der Waals surface area contributed by atoms with Crippen molar-refractivity contribution < 1.29 is 4.79 Å². The summed E-state index contributed by atoms with van der Waals surface area (Å²) >= 11 is 0. The van der Waals surface area contributed by atoms with E-state index in [0.717, 1.165) is 16.8 Å². The van der Waals surface area contributed by atoms with Crippen molar-refractivity contribution in [3.8, 4) is 6.19 Å². The predicted octanol–water partition coefficient (Wildman–Crippen LogP) is 1.96. The fraction of sp³-hybridized carbons (Fsp3) is 0.167. The van der Waals surface area contributed by atoms with Crippen molar-refractivity contribution in [3.63, 3.8) is 0 Å². The molecule has 0 bridgehead atoms. The van der Waals surface area contributed by atoms with Gasteiger partial charge in [0.15, 0.2) is 6.19 Å². The van der Waals surface area contributed by atoms with Crippen LogP contribution in [0.2, 0.25) is 0 Å². The maximum Gasteiger partial charge on any atom is 0.248 e. The van der Waals surface area contributed by atoms with Crippen LogP contribution in [0.5, 0.6) is 0 Å². The van der Waals surface area contributed by atoms with Crippen LogP contribution in [0.4, 0.5) is 5.82 Å². The molecule has 3 heterocycles. The summed E-state index contributed by atoms with van der Waals surface area (Å²) in [6.07, 6.45) is 3.84. The standard InChI is InChI=1S/C18H15N7O/c19-11-25-9-14-15(10-25)23-24-18(14,22-16-3-1-2-8-21-16)13-6-4-12(5-7-13)17(20)26/h1-8H,9-10H2,(H2,20,26)(H,21,22). The van der Waals surface area contributed by atoms with Crippen LogP contribution in [0, 0.1) is 11.5 Å². The summed E-state index contributed by atoms with van der Waals surface area (Å²) in [5.74, 6) is 0.141. The molecule has 8 heteroatoms. The number of nitrogens with two attached hydrogens (primary N) is 1. The first kappa shape index (κ1) is 15.8. The number of hydrogen-bond donors (Lipinski definition) is 2. The van der Waals surface area contributed by atoms with Gasteiger partial charge in [0.2, 0.25) is 11.6 Å². The summed E-state index contributed by atoms with van der Waals surface area (Å²) in [6.45, 7) is 0.858. The van der Waals surface area contributed by atoms with Crippen molar-refractivity contribution in [1.82, 2.24) is 9.88 Å². The highest BCUT2D eigenvalue weighted by molar-refractivity contribution is 5.92. The number of pyridine rings is 1. The lowest BCUT2D eigenvalue weighted by Gasteiger charge is -2.30. The molecule has 1 atom stereocenters. The third-order valence-corrected chi connectivity index (χ3v) is 4.50. The number of rotatable bonds is 4. The Balaban J connectivity index is 1.80. The third-order valence-electron chi connectivity index (χ3n) is 4.50. The van der Waals surface area contributed by atoms with Gasteiger partial charge in [-0.1, -0.05) is 18.2 Å². The van der Waals surface area contributed by atoms with Gasteiger partial charge < -0.3 is 16.0 Å². The normalized spacial score (nSPS) is 20.8. The van der Waals surface area contributed by atoms with Crippen LogP contribution in [-0.4, -0.2) is 28.9 Å². The number of aromatic nitrogens is 1. The molecule has 0 saturated heterocycles. The van der Waals surface area contributed by atoms with E-state index in [-0.39, 0.29) is 0 Å². The molecule has 1 unspecified atom stereocenters. The van der Waals surface area contributed by atoms with E-state index in [1.54, 1.807) is 35.4 Å². The number of primary amides is 1. The number of nitrogens with zero attached hydrogens (tertiary/aromatic N) is 5. The number of benzene rings is 1. The molecule has 0 radical (unpaired) electrons. The van der Waals surface area contributed by atoms with Crippen molar-refractivity contribution >= 4 is 11.7 Å². The maximum atomic E-state index is 11.4. The molecule has 8 nitrogen and oxygen atoms in total. The number of carbonyl (C=O) groups excluding carboxylic acids is 1. The number of nitriles is 1. The molecule has 1 amide bonds. The number of nitrogens with one attached hydrogen (secondary N) is 1. The second kappa shape index (κ2) is 5.97. The first-order valence-electron chi connectivity index (χ1n) is 8.02. The van der Waals surface area contributed by atoms with Crippen LogP contribution < -0.4 is 11.1 Å². The van der Waals surface area contributed by atoms with Gasteiger partial charge in [-0.15, -0.1) is 0 Å². The molecule has 0 aliphatic carbocycles. The fourth-order valence-corrected chi connectivity index (χ4v) is 3.20. The van der Waals surface area contributed by atoms with Crippen molar-refractivity contribution in [2.45, 2.75) is 5.66 Å². The minimum atomic E-state index is -0.967. The summed E-state index contributed by atoms with van der Waals surface area (Å²) < 4.78 is 0. The lowest BCUT2D eigenvalue weighted by Crippen LogP contribution is -2.36. The molecule has 0 spiro atoms. The SMILES string of the molecule is N#CN1CC2=C(C1)C(Nc1ccccn1)(c1ccc(C(N)=O)cc1)N=N2. The van der Waals surface area contributed by atoms with Crippen LogP contribution in [0.1, 0.15) is 15.9 Å². The van der Waals surface area contributed by atoms with Crippen LogP contribution in [0.25, 0.3) is 0 Å². The summed E-state index contributed by atoms with van der Waals surface area (Å²) in [4.78, 5) is 17.3. The maximum absolute atomic E-state index is 11.4. The van der Waals surface area contributed by atoms with E-state index in [1.807, 2.05) is 18.2 Å². The van der Waals surface area contributed by atoms with Gasteiger partial charge in [0, 0.05) is 22.9 Å². The number of azo groups is 1. The topological polar surface area (TPSA) is 120 Å². The van der Waals surface area contributed by atoms with Gasteiger partial charge in [-0.3, -0.25) is 4.79 Å². The Kier molecular flexibility index (Phi) is 3.62. The van der Waals surface area contributed by atoms with Gasteiger partial charge in [0.05, 0.1) is 18.8 Å². The third kappa shape index (κ3) is 2.46. The zero-order valence-corrected chi connectivity index (χ0v) is 13.8. The van der Waals surface area contributed by atoms with Crippen LogP contribution >= 0.6 is 0 Å². The second-order valence-electron chi connectivity index (χ2n) is 6.07. The van der Waals surface area contributed by atoms with Gasteiger partial charge >= 0.3 is 0 Å². The van der Waals surface area contributed by atoms with Crippen molar-refractivity contribution in [2.24, 2.45) is 16.0 Å². The molecule has 2 aromatic rings. The Bertz CT molecular complexity index is 959. The predicted molar refractivity (Wildman–Crippen MR) is 93.6 cm³/mol. The zero-order valence-electron chi connectivity index (χ0n) is 13.8. The summed E-state index contributed by atoms with van der Waals surface area (Å²) in [5.41, 5.74) is 7.25. The lowest BCUT2D eigenvalue weighted by molar-refractivity contribution is 0.1000. The largest absolute Gasteiger partial charge is 0.366 e. The molecule has 2 aliphatic rings. The molecule has 0 fully saturated rings. The van der Waals surface area contributed by atoms with E-state index in [1.165, 1.54) is 0 Å². The van der Waals surface area contributed by atoms with Crippen molar-refractivity contribution in [2.75, 3.05) is 18.4 Å². The Labute approximate surface area is 149 Å². The fourth-order valence-electron chi connectivity index (χ4n) is 3.20. The second-order valence-corrected chi connectivity index (χ2v) is 6.07. The van der Waals surface area contributed by atoms with E-state index in [9.17, 15) is 10.1 Å². The van der Waals surface area contributed by atoms with Crippen molar-refractivity contribution in [3.05, 3.63) is 71.1 Å². The highest BCUT2D eigenvalue weighted by Gasteiger charge is 2.46. The monoisotopic (exact) mass is 345 g/mol. The lowest BCUT2D eigenvalue weighted by atomic mass is 9.91. The van der Waals surface area contributed by atoms with E-state index in [2.05, 4.69) is 26.7 Å². The molecule has 4 rings (SSSR count). The first-order chi connectivity index (χ1) is 12.6. The highest BCUT2D eigenvalue weighted by Crippen LogP contribution is 2.44. The molecule has 1 aromatic carbocycles. The van der Waals surface area contributed by atoms with Crippen LogP contribution in [-0.2, 0) is 5.66 Å². The van der Waals surface area contributed by atoms with Crippen molar-refractivity contribution in [1.29, 1.82) is 5.26 Å². The molecule has 2 aliphatic heterocycles. The molecule has 1 aromatic heterocycles. The minimum absolute atomic E-state index is 0.413. The van der Waals surface area contributed by atoms with E-state index in [4.69, 9.17) is 5.73 Å². The zero-order chi connectivity index (χ0) is 18.1. The highest BCUT2D eigenvalue weighted by atomic mass is 16.1. The quantitative estimate of drug-likeness (QED) is 0.821. The van der Waals surface area contributed by atoms with E-state index < -0.39 is 11.6 Å². The Morgan fingerprint density at radius 1 is 1.23 bits per heavy atom. The van der Waals surface area contributed by atoms with Gasteiger partial charge in [0.1, 0.15) is 5.82 Å². The Hall–Kier alpha value is -3.73. The number of hydrogen-bond acceptors (Lipinski definition) is 7. The smallest absolute Gasteiger partial charge is 0.248 e. The average Bonchev–Trinajstić information content (AvgIpc) is 3.23. The molecular weight excluding hydrogens is 330 g/mol. The Morgan fingerprint density at radius 2 is 2.04 bits per heavy atom. The van der Waals surface area contributed by atoms with E-state index in [0.29, 0.717) is 24.5 Å². The van der Waals surface area contributed by atoms with Gasteiger partial charge in [-0.2, -0.15) is 15.5 Å².